The molecule has 20 heavy (non-hydrogen) atoms. The molecule has 0 saturated carbocycles. The Hall–Kier alpha value is -1.63. The van der Waals surface area contributed by atoms with E-state index in [4.69, 9.17) is 0 Å². The quantitative estimate of drug-likeness (QED) is 0.819. The highest BCUT2D eigenvalue weighted by Gasteiger charge is 2.31. The molecular weight excluding hydrogens is 340 g/mol. The van der Waals surface area contributed by atoms with Crippen LogP contribution < -0.4 is 5.32 Å². The van der Waals surface area contributed by atoms with E-state index in [2.05, 4.69) is 26.2 Å². The number of anilines is 1. The number of aromatic nitrogens is 1. The number of alkyl halides is 3. The fraction of sp³-hybridized carbons (Fsp3) is 0.154. The molecule has 0 aliphatic rings. The van der Waals surface area contributed by atoms with E-state index in [1.165, 1.54) is 12.1 Å². The summed E-state index contributed by atoms with van der Waals surface area (Å²) < 4.78 is 50.6. The standard InChI is InChI=1S/C13H9BrF4N2/c14-10-3-1-8(5-11(10)15)6-19-9-2-4-12(20-7-9)13(16,17)18/h1-5,7,19H,6H2. The molecule has 1 aromatic carbocycles. The minimum atomic E-state index is -4.45. The Labute approximate surface area is 121 Å². The summed E-state index contributed by atoms with van der Waals surface area (Å²) in [6.07, 6.45) is -3.36. The van der Waals surface area contributed by atoms with E-state index >= 15 is 0 Å². The van der Waals surface area contributed by atoms with Crippen molar-refractivity contribution in [2.24, 2.45) is 0 Å². The van der Waals surface area contributed by atoms with Crippen LogP contribution >= 0.6 is 15.9 Å². The topological polar surface area (TPSA) is 24.9 Å². The number of hydrogen-bond acceptors (Lipinski definition) is 2. The second kappa shape index (κ2) is 5.78. The van der Waals surface area contributed by atoms with Crippen LogP contribution in [0.25, 0.3) is 0 Å². The molecule has 0 bridgehead atoms. The van der Waals surface area contributed by atoms with Crippen molar-refractivity contribution in [3.8, 4) is 0 Å². The Bertz CT molecular complexity index is 596. The average Bonchev–Trinajstić information content (AvgIpc) is 2.40. The zero-order valence-electron chi connectivity index (χ0n) is 10.0. The Morgan fingerprint density at radius 3 is 2.45 bits per heavy atom. The molecule has 0 aliphatic carbocycles. The van der Waals surface area contributed by atoms with Crippen molar-refractivity contribution in [2.45, 2.75) is 12.7 Å². The summed E-state index contributed by atoms with van der Waals surface area (Å²) in [5, 5.41) is 2.87. The molecule has 0 saturated heterocycles. The monoisotopic (exact) mass is 348 g/mol. The smallest absolute Gasteiger partial charge is 0.380 e. The lowest BCUT2D eigenvalue weighted by Crippen LogP contribution is -2.08. The van der Waals surface area contributed by atoms with Gasteiger partial charge in [0.2, 0.25) is 0 Å². The van der Waals surface area contributed by atoms with Gasteiger partial charge < -0.3 is 5.32 Å². The predicted molar refractivity (Wildman–Crippen MR) is 70.7 cm³/mol. The number of hydrogen-bond donors (Lipinski definition) is 1. The van der Waals surface area contributed by atoms with Gasteiger partial charge in [-0.15, -0.1) is 0 Å². The first kappa shape index (κ1) is 14.8. The van der Waals surface area contributed by atoms with Crippen molar-refractivity contribution in [3.05, 3.63) is 58.1 Å². The van der Waals surface area contributed by atoms with Crippen LogP contribution in [0.15, 0.2) is 41.0 Å². The number of nitrogens with one attached hydrogen (secondary N) is 1. The first-order chi connectivity index (χ1) is 9.36. The molecule has 2 rings (SSSR count). The van der Waals surface area contributed by atoms with Crippen LogP contribution in [-0.2, 0) is 12.7 Å². The van der Waals surface area contributed by atoms with Gasteiger partial charge in [-0.3, -0.25) is 0 Å². The SMILES string of the molecule is Fc1cc(CNc2ccc(C(F)(F)F)nc2)ccc1Br. The predicted octanol–water partition coefficient (Wildman–Crippen LogP) is 4.61. The molecule has 0 spiro atoms. The number of nitrogens with zero attached hydrogens (tertiary/aromatic N) is 1. The first-order valence-electron chi connectivity index (χ1n) is 5.57. The number of halogens is 5. The van der Waals surface area contributed by atoms with Crippen LogP contribution in [0.5, 0.6) is 0 Å². The highest BCUT2D eigenvalue weighted by atomic mass is 79.9. The lowest BCUT2D eigenvalue weighted by Gasteiger charge is -2.09. The second-order valence-electron chi connectivity index (χ2n) is 4.03. The maximum Gasteiger partial charge on any atom is 0.433 e. The van der Waals surface area contributed by atoms with Crippen molar-refractivity contribution in [2.75, 3.05) is 5.32 Å². The third-order valence-corrected chi connectivity index (χ3v) is 3.18. The number of pyridine rings is 1. The van der Waals surface area contributed by atoms with E-state index in [0.717, 1.165) is 12.3 Å². The van der Waals surface area contributed by atoms with Gasteiger partial charge in [-0.2, -0.15) is 13.2 Å². The lowest BCUT2D eigenvalue weighted by molar-refractivity contribution is -0.141. The molecular formula is C13H9BrF4N2. The summed E-state index contributed by atoms with van der Waals surface area (Å²) >= 11 is 3.04. The lowest BCUT2D eigenvalue weighted by atomic mass is 10.2. The Kier molecular flexibility index (Phi) is 4.27. The molecule has 1 heterocycles. The summed E-state index contributed by atoms with van der Waals surface area (Å²) in [6, 6.07) is 6.79. The van der Waals surface area contributed by atoms with Crippen LogP contribution in [0.1, 0.15) is 11.3 Å². The highest BCUT2D eigenvalue weighted by molar-refractivity contribution is 9.10. The summed E-state index contributed by atoms with van der Waals surface area (Å²) in [4.78, 5) is 3.32. The first-order valence-corrected chi connectivity index (χ1v) is 6.36. The minimum absolute atomic E-state index is 0.289. The molecule has 0 unspecified atom stereocenters. The van der Waals surface area contributed by atoms with Crippen LogP contribution in [0.3, 0.4) is 0 Å². The maximum absolute atomic E-state index is 13.3. The Balaban J connectivity index is 2.02. The zero-order valence-corrected chi connectivity index (χ0v) is 11.6. The third kappa shape index (κ3) is 3.69. The summed E-state index contributed by atoms with van der Waals surface area (Å²) in [6.45, 7) is 0.289. The van der Waals surface area contributed by atoms with Crippen LogP contribution in [0.2, 0.25) is 0 Å². The molecule has 7 heteroatoms. The molecule has 0 radical (unpaired) electrons. The van der Waals surface area contributed by atoms with Gasteiger partial charge in [-0.1, -0.05) is 6.07 Å². The second-order valence-corrected chi connectivity index (χ2v) is 4.89. The zero-order chi connectivity index (χ0) is 14.8. The minimum Gasteiger partial charge on any atom is -0.380 e. The van der Waals surface area contributed by atoms with Gasteiger partial charge in [0.25, 0.3) is 0 Å². The molecule has 0 atom stereocenters. The van der Waals surface area contributed by atoms with E-state index in [1.807, 2.05) is 0 Å². The molecule has 0 aliphatic heterocycles. The van der Waals surface area contributed by atoms with Crippen molar-refractivity contribution in [1.29, 1.82) is 0 Å². The van der Waals surface area contributed by atoms with E-state index in [-0.39, 0.29) is 6.54 Å². The van der Waals surface area contributed by atoms with Crippen molar-refractivity contribution in [1.82, 2.24) is 4.98 Å². The molecule has 2 nitrogen and oxygen atoms in total. The van der Waals surface area contributed by atoms with Gasteiger partial charge >= 0.3 is 6.18 Å². The van der Waals surface area contributed by atoms with E-state index in [0.29, 0.717) is 15.7 Å². The van der Waals surface area contributed by atoms with Crippen LogP contribution in [-0.4, -0.2) is 4.98 Å². The summed E-state index contributed by atoms with van der Waals surface area (Å²) in [7, 11) is 0. The summed E-state index contributed by atoms with van der Waals surface area (Å²) in [5.74, 6) is -0.394. The molecule has 1 aromatic heterocycles. The number of benzene rings is 1. The highest BCUT2D eigenvalue weighted by Crippen LogP contribution is 2.27. The summed E-state index contributed by atoms with van der Waals surface area (Å²) in [5.41, 5.74) is 0.157. The van der Waals surface area contributed by atoms with Crippen molar-refractivity contribution < 1.29 is 17.6 Å². The van der Waals surface area contributed by atoms with Gasteiger partial charge in [0.15, 0.2) is 0 Å². The molecule has 0 fully saturated rings. The molecule has 0 amide bonds. The molecule has 2 aromatic rings. The van der Waals surface area contributed by atoms with E-state index < -0.39 is 17.7 Å². The average molecular weight is 349 g/mol. The molecule has 106 valence electrons. The Morgan fingerprint density at radius 1 is 1.15 bits per heavy atom. The van der Waals surface area contributed by atoms with Gasteiger partial charge in [-0.25, -0.2) is 9.37 Å². The molecule has 1 N–H and O–H groups in total. The van der Waals surface area contributed by atoms with Crippen molar-refractivity contribution in [3.63, 3.8) is 0 Å². The third-order valence-electron chi connectivity index (χ3n) is 2.53. The van der Waals surface area contributed by atoms with Gasteiger partial charge in [0.05, 0.1) is 16.4 Å². The van der Waals surface area contributed by atoms with Gasteiger partial charge in [-0.05, 0) is 45.8 Å². The van der Waals surface area contributed by atoms with Crippen molar-refractivity contribution >= 4 is 21.6 Å². The fourth-order valence-electron chi connectivity index (χ4n) is 1.52. The normalized spacial score (nSPS) is 11.4. The van der Waals surface area contributed by atoms with Crippen LogP contribution in [0, 0.1) is 5.82 Å². The number of rotatable bonds is 3. The maximum atomic E-state index is 13.3. The van der Waals surface area contributed by atoms with Gasteiger partial charge in [0, 0.05) is 6.54 Å². The van der Waals surface area contributed by atoms with E-state index in [1.54, 1.807) is 12.1 Å². The van der Waals surface area contributed by atoms with Crippen LogP contribution in [0.4, 0.5) is 23.2 Å². The van der Waals surface area contributed by atoms with E-state index in [9.17, 15) is 17.6 Å². The fourth-order valence-corrected chi connectivity index (χ4v) is 1.77. The Morgan fingerprint density at radius 2 is 1.90 bits per heavy atom. The largest absolute Gasteiger partial charge is 0.433 e. The van der Waals surface area contributed by atoms with Gasteiger partial charge in [0.1, 0.15) is 11.5 Å².